The van der Waals surface area contributed by atoms with E-state index in [1.807, 2.05) is 0 Å². The highest BCUT2D eigenvalue weighted by Gasteiger charge is 2.32. The fourth-order valence-electron chi connectivity index (χ4n) is 3.02. The van der Waals surface area contributed by atoms with E-state index in [-0.39, 0.29) is 0 Å². The first-order valence-electron chi connectivity index (χ1n) is 7.02. The topological polar surface area (TPSA) is 38.7 Å². The molecule has 0 aromatic heterocycles. The molecule has 1 saturated carbocycles. The minimum Gasteiger partial charge on any atom is -0.389 e. The number of aliphatic hydroxyl groups is 1. The smallest absolute Gasteiger partial charge is 0.0774 e. The van der Waals surface area contributed by atoms with E-state index in [4.69, 9.17) is 0 Å². The van der Waals surface area contributed by atoms with Crippen LogP contribution in [0.4, 0.5) is 0 Å². The van der Waals surface area contributed by atoms with Crippen LogP contribution in [0.2, 0.25) is 0 Å². The van der Waals surface area contributed by atoms with Gasteiger partial charge in [0, 0.05) is 45.8 Å². The van der Waals surface area contributed by atoms with Gasteiger partial charge in [-0.2, -0.15) is 0 Å². The van der Waals surface area contributed by atoms with Crippen LogP contribution in [-0.4, -0.2) is 73.4 Å². The average molecular weight is 241 g/mol. The third kappa shape index (κ3) is 4.21. The van der Waals surface area contributed by atoms with Crippen molar-refractivity contribution in [2.45, 2.75) is 31.3 Å². The zero-order chi connectivity index (χ0) is 12.1. The molecule has 2 rings (SSSR count). The maximum atomic E-state index is 10.3. The summed E-state index contributed by atoms with van der Waals surface area (Å²) in [5, 5.41) is 13.7. The first kappa shape index (κ1) is 13.3. The zero-order valence-electron chi connectivity index (χ0n) is 11.1. The van der Waals surface area contributed by atoms with Crippen LogP contribution in [0.5, 0.6) is 0 Å². The van der Waals surface area contributed by atoms with Crippen LogP contribution in [0.3, 0.4) is 0 Å². The minimum atomic E-state index is -0.391. The number of nitrogens with one attached hydrogen (secondary N) is 1. The highest BCUT2D eigenvalue weighted by atomic mass is 16.3. The van der Waals surface area contributed by atoms with Crippen LogP contribution < -0.4 is 5.32 Å². The summed E-state index contributed by atoms with van der Waals surface area (Å²) in [6.45, 7) is 7.62. The highest BCUT2D eigenvalue weighted by Crippen LogP contribution is 2.29. The van der Waals surface area contributed by atoms with Crippen LogP contribution in [0, 0.1) is 0 Å². The Labute approximate surface area is 105 Å². The van der Waals surface area contributed by atoms with E-state index < -0.39 is 5.60 Å². The van der Waals surface area contributed by atoms with Crippen molar-refractivity contribution in [1.82, 2.24) is 15.1 Å². The van der Waals surface area contributed by atoms with Crippen molar-refractivity contribution in [2.75, 3.05) is 52.9 Å². The molecule has 1 aliphatic carbocycles. The Balaban J connectivity index is 1.64. The quantitative estimate of drug-likeness (QED) is 0.717. The largest absolute Gasteiger partial charge is 0.389 e. The monoisotopic (exact) mass is 241 g/mol. The lowest BCUT2D eigenvalue weighted by molar-refractivity contribution is 0.0142. The van der Waals surface area contributed by atoms with Gasteiger partial charge < -0.3 is 15.3 Å². The summed E-state index contributed by atoms with van der Waals surface area (Å²) in [5.41, 5.74) is -0.391. The molecule has 0 unspecified atom stereocenters. The van der Waals surface area contributed by atoms with Crippen LogP contribution in [0.25, 0.3) is 0 Å². The SMILES string of the molecule is CN(CCN1CCNCC1)CC1(O)CCCC1. The molecule has 0 radical (unpaired) electrons. The Hall–Kier alpha value is -0.160. The van der Waals surface area contributed by atoms with E-state index in [0.717, 1.165) is 58.7 Å². The third-order valence-electron chi connectivity index (χ3n) is 4.11. The van der Waals surface area contributed by atoms with Gasteiger partial charge in [-0.3, -0.25) is 4.90 Å². The molecule has 0 spiro atoms. The molecule has 2 fully saturated rings. The molecule has 4 heteroatoms. The molecule has 1 aliphatic heterocycles. The van der Waals surface area contributed by atoms with Gasteiger partial charge in [-0.1, -0.05) is 12.8 Å². The summed E-state index contributed by atoms with van der Waals surface area (Å²) in [4.78, 5) is 4.80. The number of hydrogen-bond donors (Lipinski definition) is 2. The Morgan fingerprint density at radius 3 is 2.53 bits per heavy atom. The van der Waals surface area contributed by atoms with E-state index in [9.17, 15) is 5.11 Å². The van der Waals surface area contributed by atoms with Crippen molar-refractivity contribution in [1.29, 1.82) is 0 Å². The summed E-state index contributed by atoms with van der Waals surface area (Å²) < 4.78 is 0. The van der Waals surface area contributed by atoms with E-state index in [1.165, 1.54) is 12.8 Å². The summed E-state index contributed by atoms with van der Waals surface area (Å²) in [6.07, 6.45) is 4.38. The molecule has 17 heavy (non-hydrogen) atoms. The molecule has 0 aromatic carbocycles. The maximum absolute atomic E-state index is 10.3. The molecule has 1 saturated heterocycles. The van der Waals surface area contributed by atoms with Gasteiger partial charge in [-0.25, -0.2) is 0 Å². The van der Waals surface area contributed by atoms with Crippen molar-refractivity contribution in [3.05, 3.63) is 0 Å². The lowest BCUT2D eigenvalue weighted by atomic mass is 10.0. The second-order valence-corrected chi connectivity index (χ2v) is 5.76. The summed E-state index contributed by atoms with van der Waals surface area (Å²) >= 11 is 0. The van der Waals surface area contributed by atoms with Crippen LogP contribution >= 0.6 is 0 Å². The van der Waals surface area contributed by atoms with Crippen molar-refractivity contribution >= 4 is 0 Å². The minimum absolute atomic E-state index is 0.391. The fourth-order valence-corrected chi connectivity index (χ4v) is 3.02. The van der Waals surface area contributed by atoms with Crippen molar-refractivity contribution in [2.24, 2.45) is 0 Å². The lowest BCUT2D eigenvalue weighted by Gasteiger charge is -2.32. The maximum Gasteiger partial charge on any atom is 0.0774 e. The molecule has 0 aromatic rings. The molecule has 2 aliphatic rings. The first-order valence-corrected chi connectivity index (χ1v) is 7.02. The molecular formula is C13H27N3O. The predicted molar refractivity (Wildman–Crippen MR) is 70.2 cm³/mol. The van der Waals surface area contributed by atoms with E-state index in [0.29, 0.717) is 0 Å². The van der Waals surface area contributed by atoms with Crippen molar-refractivity contribution in [3.8, 4) is 0 Å². The number of likely N-dealkylation sites (N-methyl/N-ethyl adjacent to an activating group) is 1. The number of piperazine rings is 1. The van der Waals surface area contributed by atoms with Crippen molar-refractivity contribution in [3.63, 3.8) is 0 Å². The van der Waals surface area contributed by atoms with Crippen molar-refractivity contribution < 1.29 is 5.11 Å². The average Bonchev–Trinajstić information content (AvgIpc) is 2.74. The normalized spacial score (nSPS) is 25.6. The standard InChI is InChI=1S/C13H27N3O/c1-15(12-13(17)4-2-3-5-13)10-11-16-8-6-14-7-9-16/h14,17H,2-12H2,1H3. The van der Waals surface area contributed by atoms with Crippen LogP contribution in [0.1, 0.15) is 25.7 Å². The van der Waals surface area contributed by atoms with Gasteiger partial charge in [-0.15, -0.1) is 0 Å². The summed E-state index contributed by atoms with van der Waals surface area (Å²) in [5.74, 6) is 0. The van der Waals surface area contributed by atoms with E-state index in [2.05, 4.69) is 22.2 Å². The second kappa shape index (κ2) is 6.14. The third-order valence-corrected chi connectivity index (χ3v) is 4.11. The van der Waals surface area contributed by atoms with Gasteiger partial charge in [0.05, 0.1) is 5.60 Å². The first-order chi connectivity index (χ1) is 8.18. The Kier molecular flexibility index (Phi) is 4.79. The summed E-state index contributed by atoms with van der Waals surface area (Å²) in [6, 6.07) is 0. The molecule has 0 bridgehead atoms. The predicted octanol–water partition coefficient (Wildman–Crippen LogP) is 0.129. The highest BCUT2D eigenvalue weighted by molar-refractivity contribution is 4.86. The van der Waals surface area contributed by atoms with Gasteiger partial charge in [0.2, 0.25) is 0 Å². The van der Waals surface area contributed by atoms with Gasteiger partial charge in [0.1, 0.15) is 0 Å². The fraction of sp³-hybridized carbons (Fsp3) is 1.00. The molecule has 100 valence electrons. The zero-order valence-corrected chi connectivity index (χ0v) is 11.1. The molecule has 4 nitrogen and oxygen atoms in total. The number of hydrogen-bond acceptors (Lipinski definition) is 4. The van der Waals surface area contributed by atoms with Gasteiger partial charge in [0.25, 0.3) is 0 Å². The summed E-state index contributed by atoms with van der Waals surface area (Å²) in [7, 11) is 2.14. The van der Waals surface area contributed by atoms with E-state index in [1.54, 1.807) is 0 Å². The molecule has 1 heterocycles. The van der Waals surface area contributed by atoms with Gasteiger partial charge >= 0.3 is 0 Å². The Bertz CT molecular complexity index is 223. The molecule has 2 N–H and O–H groups in total. The lowest BCUT2D eigenvalue weighted by Crippen LogP contribution is -2.47. The number of rotatable bonds is 5. The molecule has 0 amide bonds. The number of nitrogens with zero attached hydrogens (tertiary/aromatic N) is 2. The van der Waals surface area contributed by atoms with Gasteiger partial charge in [-0.05, 0) is 19.9 Å². The Morgan fingerprint density at radius 2 is 1.88 bits per heavy atom. The van der Waals surface area contributed by atoms with E-state index >= 15 is 0 Å². The Morgan fingerprint density at radius 1 is 1.24 bits per heavy atom. The molecular weight excluding hydrogens is 214 g/mol. The second-order valence-electron chi connectivity index (χ2n) is 5.76. The van der Waals surface area contributed by atoms with Crippen LogP contribution in [0.15, 0.2) is 0 Å². The molecule has 0 atom stereocenters. The van der Waals surface area contributed by atoms with Crippen LogP contribution in [-0.2, 0) is 0 Å². The van der Waals surface area contributed by atoms with Gasteiger partial charge in [0.15, 0.2) is 0 Å².